The summed E-state index contributed by atoms with van der Waals surface area (Å²) in [5, 5.41) is 6.99. The fourth-order valence-corrected chi connectivity index (χ4v) is 3.51. The molecule has 4 rings (SSSR count). The number of hydrogen-bond donors (Lipinski definition) is 1. The number of rotatable bonds is 6. The minimum absolute atomic E-state index is 0.0931. The van der Waals surface area contributed by atoms with Crippen LogP contribution in [0.1, 0.15) is 6.42 Å². The van der Waals surface area contributed by atoms with Gasteiger partial charge in [0.15, 0.2) is 17.1 Å². The van der Waals surface area contributed by atoms with Crippen molar-refractivity contribution < 1.29 is 23.8 Å². The van der Waals surface area contributed by atoms with E-state index in [1.165, 1.54) is 25.8 Å². The van der Waals surface area contributed by atoms with Gasteiger partial charge in [-0.15, -0.1) is 0 Å². The number of nitrogens with one attached hydrogen (secondary N) is 1. The average Bonchev–Trinajstić information content (AvgIpc) is 3.39. The lowest BCUT2D eigenvalue weighted by atomic mass is 10.1. The Morgan fingerprint density at radius 1 is 1.10 bits per heavy atom. The highest BCUT2D eigenvalue weighted by Gasteiger charge is 2.36. The zero-order valence-electron chi connectivity index (χ0n) is 16.8. The van der Waals surface area contributed by atoms with E-state index in [9.17, 15) is 9.59 Å². The van der Waals surface area contributed by atoms with E-state index in [0.717, 1.165) is 0 Å². The maximum absolute atomic E-state index is 12.8. The summed E-state index contributed by atoms with van der Waals surface area (Å²) in [5.41, 5.74) is 1.19. The summed E-state index contributed by atoms with van der Waals surface area (Å²) in [4.78, 5) is 31.2. The van der Waals surface area contributed by atoms with Gasteiger partial charge >= 0.3 is 0 Å². The number of ether oxygens (including phenoxy) is 3. The second-order valence-corrected chi connectivity index (χ2v) is 6.71. The number of methoxy groups -OCH3 is 3. The smallest absolute Gasteiger partial charge is 0.230 e. The second-order valence-electron chi connectivity index (χ2n) is 6.71. The molecule has 0 aliphatic carbocycles. The van der Waals surface area contributed by atoms with Crippen molar-refractivity contribution in [3.63, 3.8) is 0 Å². The first-order valence-corrected chi connectivity index (χ1v) is 9.25. The fourth-order valence-electron chi connectivity index (χ4n) is 3.51. The van der Waals surface area contributed by atoms with Gasteiger partial charge in [-0.05, 0) is 6.07 Å². The van der Waals surface area contributed by atoms with Crippen LogP contribution in [0.15, 0.2) is 36.7 Å². The van der Waals surface area contributed by atoms with E-state index in [1.54, 1.807) is 41.6 Å². The molecule has 3 aromatic rings. The predicted molar refractivity (Wildman–Crippen MR) is 108 cm³/mol. The van der Waals surface area contributed by atoms with Crippen LogP contribution >= 0.6 is 0 Å². The van der Waals surface area contributed by atoms with Crippen molar-refractivity contribution in [1.82, 2.24) is 14.6 Å². The van der Waals surface area contributed by atoms with Crippen molar-refractivity contribution in [2.75, 3.05) is 38.1 Å². The summed E-state index contributed by atoms with van der Waals surface area (Å²) in [6.07, 6.45) is 3.29. The Hall–Kier alpha value is -3.82. The van der Waals surface area contributed by atoms with Gasteiger partial charge in [-0.1, -0.05) is 0 Å². The average molecular weight is 411 g/mol. The fraction of sp³-hybridized carbons (Fsp3) is 0.300. The van der Waals surface area contributed by atoms with Gasteiger partial charge in [0.2, 0.25) is 17.6 Å². The number of benzene rings is 1. The molecule has 2 aromatic heterocycles. The lowest BCUT2D eigenvalue weighted by Gasteiger charge is -2.20. The molecule has 0 spiro atoms. The molecule has 0 bridgehead atoms. The molecular weight excluding hydrogens is 390 g/mol. The van der Waals surface area contributed by atoms with Crippen LogP contribution in [0, 0.1) is 5.92 Å². The van der Waals surface area contributed by atoms with Gasteiger partial charge in [0.05, 0.1) is 39.1 Å². The van der Waals surface area contributed by atoms with E-state index in [2.05, 4.69) is 15.4 Å². The van der Waals surface area contributed by atoms with Gasteiger partial charge < -0.3 is 24.4 Å². The van der Waals surface area contributed by atoms with Crippen molar-refractivity contribution in [2.45, 2.75) is 6.42 Å². The first-order valence-electron chi connectivity index (χ1n) is 9.25. The Labute approximate surface area is 172 Å². The number of hydrogen-bond acceptors (Lipinski definition) is 7. The Morgan fingerprint density at radius 3 is 2.50 bits per heavy atom. The molecule has 1 aliphatic rings. The Kier molecular flexibility index (Phi) is 5.13. The van der Waals surface area contributed by atoms with E-state index < -0.39 is 5.92 Å². The van der Waals surface area contributed by atoms with Gasteiger partial charge in [0, 0.05) is 37.4 Å². The molecule has 1 saturated heterocycles. The Morgan fingerprint density at radius 2 is 1.83 bits per heavy atom. The van der Waals surface area contributed by atoms with Gasteiger partial charge in [-0.2, -0.15) is 9.61 Å². The van der Waals surface area contributed by atoms with Crippen LogP contribution in [0.5, 0.6) is 17.2 Å². The van der Waals surface area contributed by atoms with Crippen molar-refractivity contribution in [3.05, 3.63) is 36.7 Å². The SMILES string of the molecule is COc1cc(N2CC(C(=O)Nc3ccnc4ccnn34)CC2=O)cc(OC)c1OC. The molecule has 10 nitrogen and oxygen atoms in total. The number of amides is 2. The summed E-state index contributed by atoms with van der Waals surface area (Å²) < 4.78 is 17.6. The lowest BCUT2D eigenvalue weighted by molar-refractivity contribution is -0.122. The van der Waals surface area contributed by atoms with Gasteiger partial charge in [0.25, 0.3) is 0 Å². The number of nitrogens with zero attached hydrogens (tertiary/aromatic N) is 4. The number of anilines is 2. The van der Waals surface area contributed by atoms with Crippen molar-refractivity contribution in [3.8, 4) is 17.2 Å². The minimum Gasteiger partial charge on any atom is -0.493 e. The number of carbonyl (C=O) groups excluding carboxylic acids is 2. The van der Waals surface area contributed by atoms with Crippen molar-refractivity contribution >= 4 is 29.0 Å². The molecular formula is C20H21N5O5. The van der Waals surface area contributed by atoms with Gasteiger partial charge in [-0.25, -0.2) is 4.98 Å². The molecule has 1 atom stereocenters. The van der Waals surface area contributed by atoms with Gasteiger partial charge in [0.1, 0.15) is 5.82 Å². The maximum atomic E-state index is 12.8. The van der Waals surface area contributed by atoms with Crippen LogP contribution in [-0.4, -0.2) is 54.3 Å². The number of fused-ring (bicyclic) bond motifs is 1. The Balaban J connectivity index is 1.55. The number of carbonyl (C=O) groups is 2. The number of aromatic nitrogens is 3. The zero-order chi connectivity index (χ0) is 21.3. The molecule has 10 heteroatoms. The van der Waals surface area contributed by atoms with Crippen molar-refractivity contribution in [1.29, 1.82) is 0 Å². The quantitative estimate of drug-likeness (QED) is 0.658. The maximum Gasteiger partial charge on any atom is 0.230 e. The molecule has 2 amide bonds. The predicted octanol–water partition coefficient (Wildman–Crippen LogP) is 1.75. The zero-order valence-corrected chi connectivity index (χ0v) is 16.8. The van der Waals surface area contributed by atoms with Crippen LogP contribution in [0.3, 0.4) is 0 Å². The van der Waals surface area contributed by atoms with Crippen LogP contribution in [-0.2, 0) is 9.59 Å². The summed E-state index contributed by atoms with van der Waals surface area (Å²) in [7, 11) is 4.53. The first-order chi connectivity index (χ1) is 14.5. The molecule has 1 aliphatic heterocycles. The van der Waals surface area contributed by atoms with Crippen LogP contribution in [0.4, 0.5) is 11.5 Å². The molecule has 30 heavy (non-hydrogen) atoms. The summed E-state index contributed by atoms with van der Waals surface area (Å²) in [6.45, 7) is 0.233. The van der Waals surface area contributed by atoms with E-state index in [4.69, 9.17) is 14.2 Å². The standard InChI is InChI=1S/C20H21N5O5/c1-28-14-9-13(10-15(29-2)19(14)30-3)24-11-12(8-18(24)26)20(27)23-17-4-6-21-16-5-7-22-25(16)17/h4-7,9-10,12H,8,11H2,1-3H3,(H,23,27). The van der Waals surface area contributed by atoms with E-state index in [1.807, 2.05) is 0 Å². The minimum atomic E-state index is -0.518. The topological polar surface area (TPSA) is 107 Å². The molecule has 0 radical (unpaired) electrons. The summed E-state index contributed by atoms with van der Waals surface area (Å²) in [6, 6.07) is 6.78. The van der Waals surface area contributed by atoms with Crippen LogP contribution in [0.25, 0.3) is 5.65 Å². The van der Waals surface area contributed by atoms with E-state index in [-0.39, 0.29) is 24.8 Å². The normalized spacial score (nSPS) is 16.0. The molecule has 1 aromatic carbocycles. The summed E-state index contributed by atoms with van der Waals surface area (Å²) in [5.74, 6) is 0.857. The van der Waals surface area contributed by atoms with E-state index >= 15 is 0 Å². The third-order valence-corrected chi connectivity index (χ3v) is 5.00. The lowest BCUT2D eigenvalue weighted by Crippen LogP contribution is -2.28. The molecule has 0 saturated carbocycles. The van der Waals surface area contributed by atoms with Crippen LogP contribution in [0.2, 0.25) is 0 Å². The molecule has 1 N–H and O–H groups in total. The Bertz CT molecular complexity index is 1090. The molecule has 1 fully saturated rings. The van der Waals surface area contributed by atoms with Crippen LogP contribution < -0.4 is 24.4 Å². The first kappa shape index (κ1) is 19.5. The molecule has 1 unspecified atom stereocenters. The molecule has 3 heterocycles. The largest absolute Gasteiger partial charge is 0.493 e. The molecule has 156 valence electrons. The second kappa shape index (κ2) is 7.90. The highest BCUT2D eigenvalue weighted by Crippen LogP contribution is 2.42. The van der Waals surface area contributed by atoms with Crippen molar-refractivity contribution in [2.24, 2.45) is 5.92 Å². The van der Waals surface area contributed by atoms with Gasteiger partial charge in [-0.3, -0.25) is 9.59 Å². The highest BCUT2D eigenvalue weighted by atomic mass is 16.5. The van der Waals surface area contributed by atoms with E-state index in [0.29, 0.717) is 34.4 Å². The highest BCUT2D eigenvalue weighted by molar-refractivity contribution is 6.03. The third-order valence-electron chi connectivity index (χ3n) is 5.00. The third kappa shape index (κ3) is 3.36. The summed E-state index contributed by atoms with van der Waals surface area (Å²) >= 11 is 0. The monoisotopic (exact) mass is 411 g/mol.